The van der Waals surface area contributed by atoms with Gasteiger partial charge in [0.1, 0.15) is 11.5 Å². The highest BCUT2D eigenvalue weighted by Gasteiger charge is 2.19. The molecule has 1 unspecified atom stereocenters. The lowest BCUT2D eigenvalue weighted by atomic mass is 9.98. The van der Waals surface area contributed by atoms with Crippen LogP contribution in [-0.4, -0.2) is 20.8 Å². The molecule has 1 aromatic carbocycles. The highest BCUT2D eigenvalue weighted by atomic mass is 79.9. The fourth-order valence-electron chi connectivity index (χ4n) is 1.74. The number of hydrogen-bond donors (Lipinski definition) is 1. The fourth-order valence-corrected chi connectivity index (χ4v) is 2.80. The maximum absolute atomic E-state index is 5.71. The van der Waals surface area contributed by atoms with Gasteiger partial charge in [0.15, 0.2) is 0 Å². The molecule has 0 amide bonds. The molecule has 0 saturated heterocycles. The van der Waals surface area contributed by atoms with Gasteiger partial charge >= 0.3 is 0 Å². The summed E-state index contributed by atoms with van der Waals surface area (Å²) >= 11 is 3.56. The van der Waals surface area contributed by atoms with Crippen molar-refractivity contribution in [1.82, 2.24) is 0 Å². The van der Waals surface area contributed by atoms with Crippen LogP contribution in [-0.2, 0) is 0 Å². The SMILES string of the molecule is COc1cc(C)c(OC)c(Br)c1C(C)CN. The summed E-state index contributed by atoms with van der Waals surface area (Å²) in [5.74, 6) is 1.91. The van der Waals surface area contributed by atoms with Crippen LogP contribution in [0.25, 0.3) is 0 Å². The average Bonchev–Trinajstić information content (AvgIpc) is 2.27. The second kappa shape index (κ2) is 5.55. The highest BCUT2D eigenvalue weighted by molar-refractivity contribution is 9.10. The van der Waals surface area contributed by atoms with Crippen LogP contribution < -0.4 is 15.2 Å². The first-order valence-electron chi connectivity index (χ1n) is 5.17. The first-order valence-corrected chi connectivity index (χ1v) is 5.97. The average molecular weight is 288 g/mol. The molecule has 0 bridgehead atoms. The van der Waals surface area contributed by atoms with Gasteiger partial charge in [-0.1, -0.05) is 6.92 Å². The quantitative estimate of drug-likeness (QED) is 0.926. The van der Waals surface area contributed by atoms with Gasteiger partial charge in [0.05, 0.1) is 18.7 Å². The van der Waals surface area contributed by atoms with Crippen LogP contribution >= 0.6 is 15.9 Å². The van der Waals surface area contributed by atoms with Crippen LogP contribution in [0.5, 0.6) is 11.5 Å². The molecular weight excluding hydrogens is 270 g/mol. The first-order chi connectivity index (χ1) is 7.56. The third kappa shape index (κ3) is 2.33. The van der Waals surface area contributed by atoms with Crippen LogP contribution in [0.1, 0.15) is 24.0 Å². The monoisotopic (exact) mass is 287 g/mol. The third-order valence-electron chi connectivity index (χ3n) is 2.68. The molecule has 0 heterocycles. The van der Waals surface area contributed by atoms with Crippen molar-refractivity contribution >= 4 is 15.9 Å². The molecule has 0 aliphatic carbocycles. The Balaban J connectivity index is 3.43. The molecule has 3 nitrogen and oxygen atoms in total. The molecule has 0 fully saturated rings. The summed E-state index contributed by atoms with van der Waals surface area (Å²) in [6, 6.07) is 1.98. The van der Waals surface area contributed by atoms with Crippen molar-refractivity contribution in [3.05, 3.63) is 21.7 Å². The van der Waals surface area contributed by atoms with E-state index in [-0.39, 0.29) is 5.92 Å². The number of nitrogens with two attached hydrogens (primary N) is 1. The van der Waals surface area contributed by atoms with Crippen molar-refractivity contribution in [2.24, 2.45) is 5.73 Å². The Kier molecular flexibility index (Phi) is 4.62. The number of hydrogen-bond acceptors (Lipinski definition) is 3. The van der Waals surface area contributed by atoms with Crippen molar-refractivity contribution in [3.63, 3.8) is 0 Å². The van der Waals surface area contributed by atoms with E-state index in [1.165, 1.54) is 0 Å². The number of ether oxygens (including phenoxy) is 2. The number of aryl methyl sites for hydroxylation is 1. The van der Waals surface area contributed by atoms with Crippen molar-refractivity contribution in [1.29, 1.82) is 0 Å². The van der Waals surface area contributed by atoms with Gasteiger partial charge in [-0.05, 0) is 46.9 Å². The summed E-state index contributed by atoms with van der Waals surface area (Å²) in [4.78, 5) is 0. The fraction of sp³-hybridized carbons (Fsp3) is 0.500. The summed E-state index contributed by atoms with van der Waals surface area (Å²) in [5, 5.41) is 0. The summed E-state index contributed by atoms with van der Waals surface area (Å²) in [6.45, 7) is 4.63. The van der Waals surface area contributed by atoms with Crippen LogP contribution in [0.2, 0.25) is 0 Å². The maximum atomic E-state index is 5.71. The molecule has 0 saturated carbocycles. The van der Waals surface area contributed by atoms with E-state index in [0.717, 1.165) is 27.1 Å². The Morgan fingerprint density at radius 1 is 1.38 bits per heavy atom. The van der Waals surface area contributed by atoms with E-state index >= 15 is 0 Å². The van der Waals surface area contributed by atoms with E-state index in [1.54, 1.807) is 14.2 Å². The minimum Gasteiger partial charge on any atom is -0.496 e. The Labute approximate surface area is 105 Å². The highest BCUT2D eigenvalue weighted by Crippen LogP contribution is 2.41. The largest absolute Gasteiger partial charge is 0.496 e. The predicted molar refractivity (Wildman–Crippen MR) is 69.5 cm³/mol. The zero-order chi connectivity index (χ0) is 12.3. The van der Waals surface area contributed by atoms with Crippen LogP contribution in [0, 0.1) is 6.92 Å². The van der Waals surface area contributed by atoms with Crippen LogP contribution in [0.4, 0.5) is 0 Å². The molecule has 1 rings (SSSR count). The topological polar surface area (TPSA) is 44.5 Å². The van der Waals surface area contributed by atoms with Gasteiger partial charge in [-0.2, -0.15) is 0 Å². The van der Waals surface area contributed by atoms with Gasteiger partial charge in [0, 0.05) is 5.56 Å². The van der Waals surface area contributed by atoms with Crippen LogP contribution in [0.15, 0.2) is 10.5 Å². The zero-order valence-corrected chi connectivity index (χ0v) is 11.7. The molecule has 0 aromatic heterocycles. The number of methoxy groups -OCH3 is 2. The lowest BCUT2D eigenvalue weighted by Gasteiger charge is -2.19. The molecule has 0 radical (unpaired) electrons. The molecule has 0 spiro atoms. The minimum absolute atomic E-state index is 0.221. The smallest absolute Gasteiger partial charge is 0.136 e. The van der Waals surface area contributed by atoms with Crippen molar-refractivity contribution in [3.8, 4) is 11.5 Å². The molecule has 90 valence electrons. The van der Waals surface area contributed by atoms with E-state index < -0.39 is 0 Å². The summed E-state index contributed by atoms with van der Waals surface area (Å²) in [5.41, 5.74) is 7.81. The predicted octanol–water partition coefficient (Wildman–Crippen LogP) is 2.84. The first kappa shape index (κ1) is 13.3. The molecule has 1 atom stereocenters. The van der Waals surface area contributed by atoms with Crippen LogP contribution in [0.3, 0.4) is 0 Å². The van der Waals surface area contributed by atoms with Gasteiger partial charge in [-0.15, -0.1) is 0 Å². The number of rotatable bonds is 4. The van der Waals surface area contributed by atoms with Crippen molar-refractivity contribution in [2.45, 2.75) is 19.8 Å². The van der Waals surface area contributed by atoms with E-state index in [2.05, 4.69) is 22.9 Å². The van der Waals surface area contributed by atoms with Gasteiger partial charge in [0.25, 0.3) is 0 Å². The Morgan fingerprint density at radius 2 is 2.00 bits per heavy atom. The van der Waals surface area contributed by atoms with Gasteiger partial charge < -0.3 is 15.2 Å². The summed E-state index contributed by atoms with van der Waals surface area (Å²) in [7, 11) is 3.33. The molecule has 16 heavy (non-hydrogen) atoms. The van der Waals surface area contributed by atoms with E-state index in [9.17, 15) is 0 Å². The lowest BCUT2D eigenvalue weighted by Crippen LogP contribution is -2.11. The molecular formula is C12H18BrNO2. The Bertz CT molecular complexity index is 380. The third-order valence-corrected chi connectivity index (χ3v) is 3.46. The normalized spacial score (nSPS) is 12.4. The van der Waals surface area contributed by atoms with Gasteiger partial charge in [-0.3, -0.25) is 0 Å². The molecule has 0 aliphatic heterocycles. The Morgan fingerprint density at radius 3 is 2.44 bits per heavy atom. The minimum atomic E-state index is 0.221. The molecule has 2 N–H and O–H groups in total. The molecule has 1 aromatic rings. The van der Waals surface area contributed by atoms with Crippen molar-refractivity contribution in [2.75, 3.05) is 20.8 Å². The second-order valence-electron chi connectivity index (χ2n) is 3.79. The standard InChI is InChI=1S/C12H18BrNO2/c1-7-5-9(15-3)10(8(2)6-14)11(13)12(7)16-4/h5,8H,6,14H2,1-4H3. The van der Waals surface area contributed by atoms with Gasteiger partial charge in [0.2, 0.25) is 0 Å². The van der Waals surface area contributed by atoms with E-state index in [0.29, 0.717) is 6.54 Å². The number of benzene rings is 1. The van der Waals surface area contributed by atoms with Crippen molar-refractivity contribution < 1.29 is 9.47 Å². The molecule has 4 heteroatoms. The summed E-state index contributed by atoms with van der Waals surface area (Å²) < 4.78 is 11.7. The summed E-state index contributed by atoms with van der Waals surface area (Å²) in [6.07, 6.45) is 0. The number of halogens is 1. The molecule has 0 aliphatic rings. The Hall–Kier alpha value is -0.740. The maximum Gasteiger partial charge on any atom is 0.136 e. The lowest BCUT2D eigenvalue weighted by molar-refractivity contribution is 0.391. The van der Waals surface area contributed by atoms with E-state index in [4.69, 9.17) is 15.2 Å². The second-order valence-corrected chi connectivity index (χ2v) is 4.59. The van der Waals surface area contributed by atoms with E-state index in [1.807, 2.05) is 13.0 Å². The zero-order valence-electron chi connectivity index (χ0n) is 10.1. The van der Waals surface area contributed by atoms with Gasteiger partial charge in [-0.25, -0.2) is 0 Å².